The zero-order valence-corrected chi connectivity index (χ0v) is 15.9. The molecule has 2 atom stereocenters. The molecule has 1 aromatic heterocycles. The smallest absolute Gasteiger partial charge is 0.313 e. The van der Waals surface area contributed by atoms with Crippen molar-refractivity contribution in [2.75, 3.05) is 5.32 Å². The summed E-state index contributed by atoms with van der Waals surface area (Å²) in [6.45, 7) is 2.31. The first-order chi connectivity index (χ1) is 13.5. The maximum Gasteiger partial charge on any atom is 0.313 e. The molecule has 0 radical (unpaired) electrons. The summed E-state index contributed by atoms with van der Waals surface area (Å²) in [5.41, 5.74) is 0.567. The molecule has 0 saturated heterocycles. The van der Waals surface area contributed by atoms with Crippen molar-refractivity contribution in [1.82, 2.24) is 10.6 Å². The molecule has 1 aromatic carbocycles. The Morgan fingerprint density at radius 1 is 1.04 bits per heavy atom. The fourth-order valence-electron chi connectivity index (χ4n) is 3.41. The monoisotopic (exact) mass is 383 g/mol. The Balaban J connectivity index is 1.61. The van der Waals surface area contributed by atoms with Gasteiger partial charge in [-0.25, -0.2) is 0 Å². The lowest BCUT2D eigenvalue weighted by Gasteiger charge is -2.29. The van der Waals surface area contributed by atoms with Gasteiger partial charge in [0.1, 0.15) is 5.76 Å². The molecule has 3 rings (SSSR count). The van der Waals surface area contributed by atoms with Gasteiger partial charge in [0, 0.05) is 6.04 Å². The third-order valence-electron chi connectivity index (χ3n) is 5.06. The van der Waals surface area contributed by atoms with Crippen LogP contribution in [-0.4, -0.2) is 23.8 Å². The number of rotatable bonds is 5. The number of benzene rings is 1. The van der Waals surface area contributed by atoms with E-state index in [0.29, 0.717) is 11.7 Å². The van der Waals surface area contributed by atoms with Crippen LogP contribution in [0.5, 0.6) is 0 Å². The maximum absolute atomic E-state index is 12.5. The van der Waals surface area contributed by atoms with Crippen molar-refractivity contribution in [1.29, 1.82) is 0 Å². The minimum atomic E-state index is -0.774. The van der Waals surface area contributed by atoms with Crippen molar-refractivity contribution < 1.29 is 18.8 Å². The van der Waals surface area contributed by atoms with E-state index in [4.69, 9.17) is 4.42 Å². The first kappa shape index (κ1) is 19.7. The van der Waals surface area contributed by atoms with Crippen LogP contribution in [0.25, 0.3) is 0 Å². The average Bonchev–Trinajstić information content (AvgIpc) is 3.22. The van der Waals surface area contributed by atoms with E-state index in [1.165, 1.54) is 6.26 Å². The highest BCUT2D eigenvalue weighted by molar-refractivity contribution is 6.40. The number of hydrogen-bond acceptors (Lipinski definition) is 4. The van der Waals surface area contributed by atoms with Gasteiger partial charge in [0.2, 0.25) is 0 Å². The molecule has 1 heterocycles. The van der Waals surface area contributed by atoms with Crippen molar-refractivity contribution in [3.8, 4) is 0 Å². The highest BCUT2D eigenvalue weighted by atomic mass is 16.3. The van der Waals surface area contributed by atoms with Gasteiger partial charge in [0.25, 0.3) is 5.91 Å². The summed E-state index contributed by atoms with van der Waals surface area (Å²) in [4.78, 5) is 37.1. The molecule has 1 saturated carbocycles. The summed E-state index contributed by atoms with van der Waals surface area (Å²) >= 11 is 0. The molecular formula is C21H25N3O4. The van der Waals surface area contributed by atoms with Gasteiger partial charge in [-0.15, -0.1) is 0 Å². The van der Waals surface area contributed by atoms with Crippen molar-refractivity contribution in [3.63, 3.8) is 0 Å². The highest BCUT2D eigenvalue weighted by Crippen LogP contribution is 2.23. The maximum atomic E-state index is 12.5. The van der Waals surface area contributed by atoms with Crippen molar-refractivity contribution in [3.05, 3.63) is 54.0 Å². The number of carbonyl (C=O) groups is 3. The lowest BCUT2D eigenvalue weighted by atomic mass is 9.86. The predicted molar refractivity (Wildman–Crippen MR) is 105 cm³/mol. The number of furan rings is 1. The van der Waals surface area contributed by atoms with E-state index in [1.54, 1.807) is 36.4 Å². The number of para-hydroxylation sites is 1. The van der Waals surface area contributed by atoms with Crippen LogP contribution in [0.4, 0.5) is 5.69 Å². The minimum absolute atomic E-state index is 0.0128. The number of carbonyl (C=O) groups excluding carboxylic acids is 3. The van der Waals surface area contributed by atoms with Crippen LogP contribution >= 0.6 is 0 Å². The lowest BCUT2D eigenvalue weighted by molar-refractivity contribution is -0.137. The topological polar surface area (TPSA) is 100 Å². The van der Waals surface area contributed by atoms with Gasteiger partial charge in [-0.1, -0.05) is 31.9 Å². The van der Waals surface area contributed by atoms with Gasteiger partial charge >= 0.3 is 11.8 Å². The summed E-state index contributed by atoms with van der Waals surface area (Å²) in [6.07, 6.45) is 5.66. The Kier molecular flexibility index (Phi) is 6.47. The number of amides is 3. The molecule has 1 aliphatic carbocycles. The SMILES string of the molecule is C[C@@H]1CCCC[C@@H]1NC(=O)C(=O)Nc1ccccc1C(=O)NCc1ccco1. The van der Waals surface area contributed by atoms with E-state index in [2.05, 4.69) is 22.9 Å². The third-order valence-corrected chi connectivity index (χ3v) is 5.06. The molecule has 7 heteroatoms. The molecule has 28 heavy (non-hydrogen) atoms. The fourth-order valence-corrected chi connectivity index (χ4v) is 3.41. The molecule has 0 bridgehead atoms. The van der Waals surface area contributed by atoms with Crippen LogP contribution in [0.15, 0.2) is 47.1 Å². The number of nitrogens with one attached hydrogen (secondary N) is 3. The number of anilines is 1. The molecule has 3 amide bonds. The van der Waals surface area contributed by atoms with Crippen molar-refractivity contribution in [2.24, 2.45) is 5.92 Å². The second-order valence-electron chi connectivity index (χ2n) is 7.10. The molecule has 1 aliphatic rings. The van der Waals surface area contributed by atoms with Crippen LogP contribution in [0.3, 0.4) is 0 Å². The highest BCUT2D eigenvalue weighted by Gasteiger charge is 2.26. The van der Waals surface area contributed by atoms with Crippen molar-refractivity contribution in [2.45, 2.75) is 45.2 Å². The molecule has 0 spiro atoms. The van der Waals surface area contributed by atoms with E-state index in [1.807, 2.05) is 0 Å². The molecule has 2 aromatic rings. The third kappa shape index (κ3) is 5.00. The second-order valence-corrected chi connectivity index (χ2v) is 7.10. The summed E-state index contributed by atoms with van der Waals surface area (Å²) in [7, 11) is 0. The molecule has 0 unspecified atom stereocenters. The Hall–Kier alpha value is -3.09. The van der Waals surface area contributed by atoms with Gasteiger partial charge in [-0.3, -0.25) is 14.4 Å². The summed E-state index contributed by atoms with van der Waals surface area (Å²) in [6, 6.07) is 10.1. The quantitative estimate of drug-likeness (QED) is 0.691. The molecule has 7 nitrogen and oxygen atoms in total. The van der Waals surface area contributed by atoms with Crippen molar-refractivity contribution >= 4 is 23.4 Å². The normalized spacial score (nSPS) is 18.9. The Morgan fingerprint density at radius 2 is 1.82 bits per heavy atom. The largest absolute Gasteiger partial charge is 0.467 e. The number of hydrogen-bond donors (Lipinski definition) is 3. The predicted octanol–water partition coefficient (Wildman–Crippen LogP) is 2.84. The summed E-state index contributed by atoms with van der Waals surface area (Å²) in [5.74, 6) is -0.844. The molecule has 1 fully saturated rings. The lowest BCUT2D eigenvalue weighted by Crippen LogP contribution is -2.46. The van der Waals surface area contributed by atoms with Gasteiger partial charge < -0.3 is 20.4 Å². The van der Waals surface area contributed by atoms with E-state index in [-0.39, 0.29) is 29.7 Å². The van der Waals surface area contributed by atoms with Gasteiger partial charge in [0.15, 0.2) is 0 Å². The van der Waals surface area contributed by atoms with Crippen LogP contribution in [0.2, 0.25) is 0 Å². The molecular weight excluding hydrogens is 358 g/mol. The zero-order chi connectivity index (χ0) is 19.9. The van der Waals surface area contributed by atoms with Gasteiger partial charge in [0.05, 0.1) is 24.1 Å². The molecule has 0 aliphatic heterocycles. The van der Waals surface area contributed by atoms with E-state index < -0.39 is 11.8 Å². The molecule has 148 valence electrons. The van der Waals surface area contributed by atoms with E-state index in [9.17, 15) is 14.4 Å². The second kappa shape index (κ2) is 9.21. The van der Waals surface area contributed by atoms with Crippen LogP contribution in [-0.2, 0) is 16.1 Å². The van der Waals surface area contributed by atoms with E-state index in [0.717, 1.165) is 25.7 Å². The van der Waals surface area contributed by atoms with Crippen LogP contribution < -0.4 is 16.0 Å². The minimum Gasteiger partial charge on any atom is -0.467 e. The van der Waals surface area contributed by atoms with E-state index >= 15 is 0 Å². The van der Waals surface area contributed by atoms with Crippen LogP contribution in [0, 0.1) is 5.92 Å². The Bertz CT molecular complexity index is 832. The van der Waals surface area contributed by atoms with Gasteiger partial charge in [-0.2, -0.15) is 0 Å². The Morgan fingerprint density at radius 3 is 2.57 bits per heavy atom. The molecule has 3 N–H and O–H groups in total. The first-order valence-corrected chi connectivity index (χ1v) is 9.56. The fraction of sp³-hybridized carbons (Fsp3) is 0.381. The zero-order valence-electron chi connectivity index (χ0n) is 15.9. The average molecular weight is 383 g/mol. The van der Waals surface area contributed by atoms with Crippen LogP contribution in [0.1, 0.15) is 48.7 Å². The summed E-state index contributed by atoms with van der Waals surface area (Å²) < 4.78 is 5.19. The van der Waals surface area contributed by atoms with Gasteiger partial charge in [-0.05, 0) is 43.0 Å². The standard InChI is InChI=1S/C21H25N3O4/c1-14-7-2-4-10-17(14)23-20(26)21(27)24-18-11-5-3-9-16(18)19(25)22-13-15-8-6-12-28-15/h3,5-6,8-9,11-12,14,17H,2,4,7,10,13H2,1H3,(H,22,25)(H,23,26)(H,24,27)/t14-,17+/m1/s1. The first-order valence-electron chi connectivity index (χ1n) is 9.56. The summed E-state index contributed by atoms with van der Waals surface area (Å²) in [5, 5.41) is 8.10. The Labute approximate surface area is 163 Å².